The summed E-state index contributed by atoms with van der Waals surface area (Å²) in [5.74, 6) is -0.124. The molecule has 0 spiro atoms. The zero-order valence-electron chi connectivity index (χ0n) is 11.7. The van der Waals surface area contributed by atoms with Crippen molar-refractivity contribution in [2.24, 2.45) is 14.1 Å². The van der Waals surface area contributed by atoms with Crippen LogP contribution in [0.15, 0.2) is 22.7 Å². The summed E-state index contributed by atoms with van der Waals surface area (Å²) < 4.78 is 8.54. The lowest BCUT2D eigenvalue weighted by molar-refractivity contribution is 0.101. The maximum absolute atomic E-state index is 12.0. The number of aryl methyl sites for hydroxylation is 3. The van der Waals surface area contributed by atoms with Crippen molar-refractivity contribution in [1.82, 2.24) is 29.8 Å². The van der Waals surface area contributed by atoms with Gasteiger partial charge >= 0.3 is 6.01 Å². The zero-order valence-corrected chi connectivity index (χ0v) is 11.7. The molecule has 0 aromatic carbocycles. The number of aromatic nitrogens is 6. The molecule has 0 fully saturated rings. The number of carbonyl (C=O) groups excluding carboxylic acids is 1. The number of rotatable bonds is 3. The average molecular weight is 287 g/mol. The molecule has 1 amide bonds. The van der Waals surface area contributed by atoms with Crippen LogP contribution in [-0.4, -0.2) is 35.7 Å². The van der Waals surface area contributed by atoms with Crippen LogP contribution in [0.2, 0.25) is 0 Å². The molecule has 0 aliphatic heterocycles. The van der Waals surface area contributed by atoms with Gasteiger partial charge in [-0.2, -0.15) is 10.2 Å². The van der Waals surface area contributed by atoms with E-state index in [9.17, 15) is 4.79 Å². The first-order valence-corrected chi connectivity index (χ1v) is 6.18. The highest BCUT2D eigenvalue weighted by atomic mass is 16.4. The lowest BCUT2D eigenvalue weighted by Gasteiger charge is -1.99. The van der Waals surface area contributed by atoms with Gasteiger partial charge in [0.05, 0.1) is 0 Å². The largest absolute Gasteiger partial charge is 0.401 e. The molecule has 9 nitrogen and oxygen atoms in total. The van der Waals surface area contributed by atoms with Crippen LogP contribution >= 0.6 is 0 Å². The van der Waals surface area contributed by atoms with Crippen molar-refractivity contribution in [2.75, 3.05) is 5.32 Å². The van der Waals surface area contributed by atoms with Crippen molar-refractivity contribution in [3.8, 4) is 11.6 Å². The van der Waals surface area contributed by atoms with Crippen LogP contribution in [0.4, 0.5) is 6.01 Å². The van der Waals surface area contributed by atoms with Crippen molar-refractivity contribution >= 4 is 11.9 Å². The van der Waals surface area contributed by atoms with E-state index in [2.05, 4.69) is 25.7 Å². The van der Waals surface area contributed by atoms with E-state index in [0.717, 1.165) is 5.69 Å². The molecule has 0 radical (unpaired) electrons. The monoisotopic (exact) mass is 287 g/mol. The Hall–Kier alpha value is -2.97. The fraction of sp³-hybridized carbons (Fsp3) is 0.250. The fourth-order valence-corrected chi connectivity index (χ4v) is 1.80. The minimum absolute atomic E-state index is 0.0134. The van der Waals surface area contributed by atoms with Crippen LogP contribution in [-0.2, 0) is 14.1 Å². The lowest BCUT2D eigenvalue weighted by Crippen LogP contribution is -2.16. The van der Waals surface area contributed by atoms with Gasteiger partial charge in [-0.05, 0) is 19.1 Å². The summed E-state index contributed by atoms with van der Waals surface area (Å²) in [6.45, 7) is 1.91. The molecule has 1 N–H and O–H groups in total. The third-order valence-electron chi connectivity index (χ3n) is 3.03. The number of hydrogen-bond donors (Lipinski definition) is 1. The number of carbonyl (C=O) groups is 1. The van der Waals surface area contributed by atoms with Crippen molar-refractivity contribution in [3.63, 3.8) is 0 Å². The number of amides is 1. The molecular weight excluding hydrogens is 274 g/mol. The topological polar surface area (TPSA) is 104 Å². The Labute approximate surface area is 119 Å². The Balaban J connectivity index is 1.79. The zero-order chi connectivity index (χ0) is 15.0. The first-order chi connectivity index (χ1) is 10.0. The van der Waals surface area contributed by atoms with Gasteiger partial charge in [-0.3, -0.25) is 19.5 Å². The smallest absolute Gasteiger partial charge is 0.322 e. The Morgan fingerprint density at radius 2 is 2.10 bits per heavy atom. The highest BCUT2D eigenvalue weighted by Crippen LogP contribution is 2.19. The van der Waals surface area contributed by atoms with E-state index >= 15 is 0 Å². The maximum atomic E-state index is 12.0. The number of nitrogens with one attached hydrogen (secondary N) is 1. The van der Waals surface area contributed by atoms with Gasteiger partial charge < -0.3 is 4.42 Å². The molecule has 3 aromatic heterocycles. The summed E-state index contributed by atoms with van der Waals surface area (Å²) in [6, 6.07) is 3.43. The Bertz CT molecular complexity index is 779. The highest BCUT2D eigenvalue weighted by molar-refractivity contribution is 6.01. The van der Waals surface area contributed by atoms with Gasteiger partial charge in [0.2, 0.25) is 0 Å². The summed E-state index contributed by atoms with van der Waals surface area (Å²) in [5, 5.41) is 18.3. The van der Waals surface area contributed by atoms with Crippen molar-refractivity contribution in [1.29, 1.82) is 0 Å². The van der Waals surface area contributed by atoms with Crippen LogP contribution in [0.1, 0.15) is 16.2 Å². The summed E-state index contributed by atoms with van der Waals surface area (Å²) >= 11 is 0. The molecular formula is C12H13N7O2. The summed E-state index contributed by atoms with van der Waals surface area (Å²) in [6.07, 6.45) is 1.53. The van der Waals surface area contributed by atoms with Gasteiger partial charge in [-0.15, -0.1) is 5.10 Å². The fourth-order valence-electron chi connectivity index (χ4n) is 1.80. The Morgan fingerprint density at radius 1 is 1.29 bits per heavy atom. The predicted octanol–water partition coefficient (Wildman–Crippen LogP) is 0.764. The minimum Gasteiger partial charge on any atom is -0.401 e. The van der Waals surface area contributed by atoms with Crippen LogP contribution in [0.5, 0.6) is 0 Å². The average Bonchev–Trinajstić information content (AvgIpc) is 3.12. The van der Waals surface area contributed by atoms with Crippen molar-refractivity contribution in [2.45, 2.75) is 6.92 Å². The second-order valence-electron chi connectivity index (χ2n) is 4.50. The van der Waals surface area contributed by atoms with E-state index in [1.807, 2.05) is 20.0 Å². The first-order valence-electron chi connectivity index (χ1n) is 6.18. The van der Waals surface area contributed by atoms with Crippen LogP contribution in [0.25, 0.3) is 11.6 Å². The second-order valence-corrected chi connectivity index (χ2v) is 4.50. The first kappa shape index (κ1) is 13.0. The molecule has 0 saturated carbocycles. The molecule has 0 bridgehead atoms. The quantitative estimate of drug-likeness (QED) is 0.762. The summed E-state index contributed by atoms with van der Waals surface area (Å²) in [4.78, 5) is 12.0. The van der Waals surface area contributed by atoms with E-state index in [-0.39, 0.29) is 17.8 Å². The normalized spacial score (nSPS) is 10.8. The Kier molecular flexibility index (Phi) is 3.01. The summed E-state index contributed by atoms with van der Waals surface area (Å²) in [5.41, 5.74) is 1.91. The van der Waals surface area contributed by atoms with Gasteiger partial charge in [0.25, 0.3) is 11.8 Å². The predicted molar refractivity (Wildman–Crippen MR) is 72.4 cm³/mol. The molecule has 3 aromatic rings. The van der Waals surface area contributed by atoms with Gasteiger partial charge in [-0.1, -0.05) is 5.10 Å². The Morgan fingerprint density at radius 3 is 2.71 bits per heavy atom. The van der Waals surface area contributed by atoms with Gasteiger partial charge in [0, 0.05) is 26.0 Å². The van der Waals surface area contributed by atoms with E-state index in [1.54, 1.807) is 17.8 Å². The SMILES string of the molecule is Cc1cc(-c2nnc(NC(=O)c3ccnn3C)o2)nn1C. The van der Waals surface area contributed by atoms with Crippen molar-refractivity contribution < 1.29 is 9.21 Å². The number of nitrogens with zero attached hydrogens (tertiary/aromatic N) is 6. The second kappa shape index (κ2) is 4.85. The number of hydrogen-bond acceptors (Lipinski definition) is 6. The molecule has 9 heteroatoms. The minimum atomic E-state index is -0.373. The van der Waals surface area contributed by atoms with E-state index in [4.69, 9.17) is 4.42 Å². The molecule has 0 unspecified atom stereocenters. The standard InChI is InChI=1S/C12H13N7O2/c1-7-6-8(17-18(7)2)11-15-16-12(21-11)14-10(20)9-4-5-13-19(9)3/h4-6H,1-3H3,(H,14,16,20). The molecule has 0 aliphatic rings. The molecule has 108 valence electrons. The molecule has 0 atom stereocenters. The third kappa shape index (κ3) is 2.40. The number of anilines is 1. The van der Waals surface area contributed by atoms with Gasteiger partial charge in [-0.25, -0.2) is 0 Å². The highest BCUT2D eigenvalue weighted by Gasteiger charge is 2.16. The van der Waals surface area contributed by atoms with E-state index in [1.165, 1.54) is 10.9 Å². The molecule has 0 aliphatic carbocycles. The molecule has 0 saturated heterocycles. The molecule has 3 heterocycles. The van der Waals surface area contributed by atoms with Crippen LogP contribution < -0.4 is 5.32 Å². The van der Waals surface area contributed by atoms with Gasteiger partial charge in [0.15, 0.2) is 0 Å². The van der Waals surface area contributed by atoms with Crippen molar-refractivity contribution in [3.05, 3.63) is 29.7 Å². The molecule has 21 heavy (non-hydrogen) atoms. The maximum Gasteiger partial charge on any atom is 0.322 e. The lowest BCUT2D eigenvalue weighted by atomic mass is 10.4. The van der Waals surface area contributed by atoms with Crippen LogP contribution in [0, 0.1) is 6.92 Å². The van der Waals surface area contributed by atoms with Gasteiger partial charge in [0.1, 0.15) is 11.4 Å². The van der Waals surface area contributed by atoms with E-state index in [0.29, 0.717) is 11.4 Å². The van der Waals surface area contributed by atoms with Crippen LogP contribution in [0.3, 0.4) is 0 Å². The summed E-state index contributed by atoms with van der Waals surface area (Å²) in [7, 11) is 3.49. The molecule has 3 rings (SSSR count). The van der Waals surface area contributed by atoms with E-state index < -0.39 is 0 Å². The third-order valence-corrected chi connectivity index (χ3v) is 3.03.